The molecule has 0 saturated heterocycles. The number of carbonyl (C=O) groups is 2. The summed E-state index contributed by atoms with van der Waals surface area (Å²) in [6.45, 7) is 8.50. The van der Waals surface area contributed by atoms with Crippen molar-refractivity contribution >= 4 is 23.8 Å². The molecule has 3 aromatic carbocycles. The highest BCUT2D eigenvalue weighted by atomic mass is 16.7. The molecule has 1 fully saturated rings. The zero-order chi connectivity index (χ0) is 43.4. The second-order valence-corrected chi connectivity index (χ2v) is 15.7. The molecule has 6 atom stereocenters. The molecule has 6 rings (SSSR count). The number of nitrogens with zero attached hydrogens (tertiary/aromatic N) is 3. The summed E-state index contributed by atoms with van der Waals surface area (Å²) in [6.07, 6.45) is 9.28. The van der Waals surface area contributed by atoms with Crippen molar-refractivity contribution in [3.05, 3.63) is 118 Å². The molecule has 0 bridgehead atoms. The Morgan fingerprint density at radius 3 is 2.48 bits per heavy atom. The number of rotatable bonds is 22. The molecule has 2 aliphatic carbocycles. The number of aldehydes is 1. The molecule has 326 valence electrons. The minimum atomic E-state index is -1.46. The van der Waals surface area contributed by atoms with Gasteiger partial charge in [0.2, 0.25) is 5.79 Å². The number of carbonyl (C=O) groups excluding carboxylic acids is 2. The van der Waals surface area contributed by atoms with Crippen LogP contribution in [0, 0.1) is 27.9 Å². The number of allylic oxidation sites excluding steroid dienone is 1. The molecule has 1 saturated carbocycles. The van der Waals surface area contributed by atoms with Crippen molar-refractivity contribution in [1.82, 2.24) is 4.90 Å². The van der Waals surface area contributed by atoms with E-state index >= 15 is 0 Å². The van der Waals surface area contributed by atoms with Gasteiger partial charge in [0.25, 0.3) is 5.69 Å². The van der Waals surface area contributed by atoms with Gasteiger partial charge in [-0.3, -0.25) is 19.8 Å². The first-order valence-electron chi connectivity index (χ1n) is 21.3. The number of hydrogen-bond acceptors (Lipinski definition) is 12. The average Bonchev–Trinajstić information content (AvgIpc) is 3.26. The first-order chi connectivity index (χ1) is 29.7. The van der Waals surface area contributed by atoms with Gasteiger partial charge >= 0.3 is 6.09 Å². The maximum Gasteiger partial charge on any atom is 0.410 e. The van der Waals surface area contributed by atoms with E-state index in [1.807, 2.05) is 25.1 Å². The van der Waals surface area contributed by atoms with Gasteiger partial charge < -0.3 is 34.0 Å². The van der Waals surface area contributed by atoms with Gasteiger partial charge in [0.1, 0.15) is 36.2 Å². The monoisotopic (exact) mass is 839 g/mol. The minimum Gasteiger partial charge on any atom is -0.459 e. The predicted molar refractivity (Wildman–Crippen MR) is 229 cm³/mol. The number of nitro benzene ring substituents is 1. The number of hydrogen-bond donors (Lipinski definition) is 2. The van der Waals surface area contributed by atoms with Gasteiger partial charge in [0.15, 0.2) is 0 Å². The van der Waals surface area contributed by atoms with Gasteiger partial charge in [-0.1, -0.05) is 49.2 Å². The molecule has 0 radical (unpaired) electrons. The molecule has 0 spiro atoms. The van der Waals surface area contributed by atoms with Gasteiger partial charge in [0, 0.05) is 55.4 Å². The normalized spacial score (nSPS) is 23.1. The lowest BCUT2D eigenvalue weighted by Crippen LogP contribution is -2.70. The fourth-order valence-corrected chi connectivity index (χ4v) is 9.22. The number of non-ortho nitro benzene ring substituents is 1. The summed E-state index contributed by atoms with van der Waals surface area (Å²) in [5.74, 6) is -0.682. The van der Waals surface area contributed by atoms with E-state index in [0.717, 1.165) is 43.1 Å². The van der Waals surface area contributed by atoms with Crippen molar-refractivity contribution in [2.24, 2.45) is 22.9 Å². The topological polar surface area (TPSA) is 179 Å². The van der Waals surface area contributed by atoms with Gasteiger partial charge in [-0.05, 0) is 104 Å². The fourth-order valence-electron chi connectivity index (χ4n) is 9.22. The van der Waals surface area contributed by atoms with Crippen molar-refractivity contribution in [1.29, 1.82) is 0 Å². The standard InChI is InChI=1S/C47H57N3O11/c1-4-22-49(46(54)57-6-3)43-29-41(48-59-31-32-16-18-35(19-17-32)50(55)56)39-27-34(13-7-9-23-51)38(15-8-10-24-52)44-40-28-37(60-36-14-11-12-33(26-36)30-53)20-21-42(40)61-47(43,45(39)44)58-25-5-2/h5,11-12,14,16-21,26-28,30,34,38,43-45,51-52H,2,4,6-10,13,15,22-25,29,31H2,1,3H3/t34-,38+,43-,44+,45+,47+/m0/s1. The number of amides is 1. The van der Waals surface area contributed by atoms with Gasteiger partial charge in [0.05, 0.1) is 29.8 Å². The summed E-state index contributed by atoms with van der Waals surface area (Å²) in [6, 6.07) is 18.0. The van der Waals surface area contributed by atoms with E-state index in [0.29, 0.717) is 59.9 Å². The molecule has 3 aliphatic rings. The third kappa shape index (κ3) is 10.1. The Hall–Kier alpha value is -5.57. The summed E-state index contributed by atoms with van der Waals surface area (Å²) >= 11 is 0. The SMILES string of the molecule is C=CCO[C@@]12Oc3ccc(Oc4cccc(C=O)c4)cc3[C@H]3[C@H](CCCCO)[C@@H](CCCCO)C=C(C(=NOCc4ccc([N+](=O)[O-])cc4)C[C@@H]1N(CCC)C(=O)OCC)[C@H]32. The molecule has 3 aromatic rings. The summed E-state index contributed by atoms with van der Waals surface area (Å²) in [4.78, 5) is 44.3. The van der Waals surface area contributed by atoms with Gasteiger partial charge in [-0.25, -0.2) is 4.79 Å². The molecule has 1 aliphatic heterocycles. The van der Waals surface area contributed by atoms with Crippen molar-refractivity contribution in [2.45, 2.75) is 89.6 Å². The molecule has 14 heteroatoms. The van der Waals surface area contributed by atoms with Crippen LogP contribution in [0.3, 0.4) is 0 Å². The Kier molecular flexibility index (Phi) is 15.7. The van der Waals surface area contributed by atoms with E-state index in [1.165, 1.54) is 12.1 Å². The number of oxime groups is 1. The van der Waals surface area contributed by atoms with Gasteiger partial charge in [-0.15, -0.1) is 6.58 Å². The number of aliphatic hydroxyl groups is 2. The van der Waals surface area contributed by atoms with Crippen LogP contribution in [0.4, 0.5) is 10.5 Å². The van der Waals surface area contributed by atoms with Crippen LogP contribution < -0.4 is 9.47 Å². The molecular formula is C47H57N3O11. The molecule has 2 N–H and O–H groups in total. The highest BCUT2D eigenvalue weighted by molar-refractivity contribution is 6.03. The molecule has 0 aromatic heterocycles. The Morgan fingerprint density at radius 1 is 1.03 bits per heavy atom. The van der Waals surface area contributed by atoms with Crippen LogP contribution in [-0.4, -0.2) is 82.9 Å². The second kappa shape index (κ2) is 21.3. The minimum absolute atomic E-state index is 0.00613. The first-order valence-corrected chi connectivity index (χ1v) is 21.3. The van der Waals surface area contributed by atoms with Crippen LogP contribution in [0.2, 0.25) is 0 Å². The van der Waals surface area contributed by atoms with E-state index in [2.05, 4.69) is 12.7 Å². The zero-order valence-electron chi connectivity index (χ0n) is 35.0. The van der Waals surface area contributed by atoms with Crippen LogP contribution in [0.15, 0.2) is 96.2 Å². The highest BCUT2D eigenvalue weighted by Gasteiger charge is 2.65. The maximum atomic E-state index is 14.1. The lowest BCUT2D eigenvalue weighted by Gasteiger charge is -2.59. The van der Waals surface area contributed by atoms with E-state index in [-0.39, 0.29) is 62.9 Å². The lowest BCUT2D eigenvalue weighted by atomic mass is 9.55. The Balaban J connectivity index is 1.56. The number of nitro groups is 1. The average molecular weight is 840 g/mol. The largest absolute Gasteiger partial charge is 0.459 e. The van der Waals surface area contributed by atoms with Crippen LogP contribution >= 0.6 is 0 Å². The van der Waals surface area contributed by atoms with Crippen LogP contribution in [0.1, 0.15) is 92.6 Å². The fraction of sp³-hybridized carbons (Fsp3) is 0.468. The van der Waals surface area contributed by atoms with Crippen LogP contribution in [0.25, 0.3) is 0 Å². The molecule has 14 nitrogen and oxygen atoms in total. The smallest absolute Gasteiger partial charge is 0.410 e. The third-order valence-corrected chi connectivity index (χ3v) is 11.8. The summed E-state index contributed by atoms with van der Waals surface area (Å²) in [5.41, 5.74) is 3.48. The van der Waals surface area contributed by atoms with E-state index < -0.39 is 28.8 Å². The predicted octanol–water partition coefficient (Wildman–Crippen LogP) is 8.90. The Morgan fingerprint density at radius 2 is 1.79 bits per heavy atom. The van der Waals surface area contributed by atoms with Crippen molar-refractivity contribution in [3.8, 4) is 17.2 Å². The second-order valence-electron chi connectivity index (χ2n) is 15.7. The van der Waals surface area contributed by atoms with E-state index in [1.54, 1.807) is 54.3 Å². The quantitative estimate of drug-likeness (QED) is 0.0324. The highest BCUT2D eigenvalue weighted by Crippen LogP contribution is 2.62. The molecular weight excluding hydrogens is 783 g/mol. The molecule has 61 heavy (non-hydrogen) atoms. The van der Waals surface area contributed by atoms with E-state index in [4.69, 9.17) is 28.9 Å². The number of aliphatic hydroxyl groups excluding tert-OH is 2. The van der Waals surface area contributed by atoms with Crippen molar-refractivity contribution < 1.29 is 48.5 Å². The molecule has 0 unspecified atom stereocenters. The zero-order valence-corrected chi connectivity index (χ0v) is 35.0. The van der Waals surface area contributed by atoms with Crippen LogP contribution in [0.5, 0.6) is 17.2 Å². The van der Waals surface area contributed by atoms with Crippen molar-refractivity contribution in [2.75, 3.05) is 33.0 Å². The molecule has 1 heterocycles. The van der Waals surface area contributed by atoms with Crippen molar-refractivity contribution in [3.63, 3.8) is 0 Å². The number of fused-ring (bicyclic) bond motifs is 2. The summed E-state index contributed by atoms with van der Waals surface area (Å²) < 4.78 is 26.3. The van der Waals surface area contributed by atoms with E-state index in [9.17, 15) is 29.9 Å². The van der Waals surface area contributed by atoms with Crippen LogP contribution in [-0.2, 0) is 20.9 Å². The Labute approximate surface area is 356 Å². The lowest BCUT2D eigenvalue weighted by molar-refractivity contribution is -0.384. The summed E-state index contributed by atoms with van der Waals surface area (Å²) in [5, 5.41) is 35.9. The first kappa shape index (κ1) is 45.0. The number of unbranched alkanes of at least 4 members (excludes halogenated alkanes) is 2. The third-order valence-electron chi connectivity index (χ3n) is 11.8. The van der Waals surface area contributed by atoms with Gasteiger partial charge in [-0.2, -0.15) is 0 Å². The maximum absolute atomic E-state index is 14.1. The Bertz CT molecular complexity index is 2050. The number of ether oxygens (including phenoxy) is 4. The molecule has 1 amide bonds. The summed E-state index contributed by atoms with van der Waals surface area (Å²) in [7, 11) is 0. The number of benzene rings is 3.